The van der Waals surface area contributed by atoms with Crippen molar-refractivity contribution in [3.05, 3.63) is 58.4 Å². The van der Waals surface area contributed by atoms with Crippen molar-refractivity contribution < 1.29 is 14.3 Å². The second-order valence-corrected chi connectivity index (χ2v) is 5.69. The number of esters is 1. The van der Waals surface area contributed by atoms with Gasteiger partial charge in [0.25, 0.3) is 0 Å². The van der Waals surface area contributed by atoms with E-state index in [1.165, 1.54) is 0 Å². The first-order valence-corrected chi connectivity index (χ1v) is 7.99. The van der Waals surface area contributed by atoms with Crippen LogP contribution in [-0.2, 0) is 16.6 Å². The lowest BCUT2D eigenvalue weighted by Gasteiger charge is -2.15. The monoisotopic (exact) mass is 333 g/mol. The predicted molar refractivity (Wildman–Crippen MR) is 90.0 cm³/mol. The third-order valence-electron chi connectivity index (χ3n) is 3.84. The summed E-state index contributed by atoms with van der Waals surface area (Å²) in [5, 5.41) is 0.586. The summed E-state index contributed by atoms with van der Waals surface area (Å²) in [5.74, 6) is -0.734. The number of hydrogen-bond acceptors (Lipinski definition) is 3. The van der Waals surface area contributed by atoms with Gasteiger partial charge in [0.15, 0.2) is 0 Å². The molecule has 23 heavy (non-hydrogen) atoms. The van der Waals surface area contributed by atoms with Gasteiger partial charge in [-0.05, 0) is 49.7 Å². The molecule has 0 aliphatic heterocycles. The van der Waals surface area contributed by atoms with Crippen LogP contribution in [0.25, 0.3) is 0 Å². The van der Waals surface area contributed by atoms with E-state index in [2.05, 4.69) is 0 Å². The van der Waals surface area contributed by atoms with Gasteiger partial charge in [0, 0.05) is 23.3 Å². The maximum atomic E-state index is 12.6. The molecule has 1 aromatic heterocycles. The Morgan fingerprint density at radius 1 is 1.13 bits per heavy atom. The molecule has 0 fully saturated rings. The number of hydrogen-bond donors (Lipinski definition) is 0. The Morgan fingerprint density at radius 3 is 2.35 bits per heavy atom. The van der Waals surface area contributed by atoms with E-state index in [-0.39, 0.29) is 17.7 Å². The molecule has 1 atom stereocenters. The lowest BCUT2D eigenvalue weighted by Crippen LogP contribution is -2.19. The third-order valence-corrected chi connectivity index (χ3v) is 4.09. The molecule has 0 amide bonds. The van der Waals surface area contributed by atoms with Crippen molar-refractivity contribution in [1.29, 1.82) is 0 Å². The number of halogens is 1. The van der Waals surface area contributed by atoms with Gasteiger partial charge < -0.3 is 9.30 Å². The summed E-state index contributed by atoms with van der Waals surface area (Å²) in [6, 6.07) is 10.3. The van der Waals surface area contributed by atoms with Crippen LogP contribution in [0, 0.1) is 0 Å². The number of carbonyl (C=O) groups is 2. The minimum absolute atomic E-state index is 0.103. The first-order valence-electron chi connectivity index (χ1n) is 7.62. The van der Waals surface area contributed by atoms with Crippen LogP contribution in [0.2, 0.25) is 5.02 Å². The number of aromatic nitrogens is 1. The van der Waals surface area contributed by atoms with Crippen molar-refractivity contribution in [1.82, 2.24) is 4.57 Å². The third kappa shape index (κ3) is 3.64. The second kappa shape index (κ2) is 7.47. The topological polar surface area (TPSA) is 48.3 Å². The van der Waals surface area contributed by atoms with Gasteiger partial charge in [0.2, 0.25) is 5.78 Å². The van der Waals surface area contributed by atoms with Gasteiger partial charge in [-0.2, -0.15) is 0 Å². The van der Waals surface area contributed by atoms with Crippen LogP contribution in [0.15, 0.2) is 36.4 Å². The number of rotatable bonds is 6. The molecule has 5 heteroatoms. The van der Waals surface area contributed by atoms with E-state index >= 15 is 0 Å². The van der Waals surface area contributed by atoms with Crippen LogP contribution in [0.1, 0.15) is 47.9 Å². The van der Waals surface area contributed by atoms with Gasteiger partial charge >= 0.3 is 5.97 Å². The lowest BCUT2D eigenvalue weighted by atomic mass is 10.0. The van der Waals surface area contributed by atoms with Crippen LogP contribution in [-0.4, -0.2) is 22.9 Å². The van der Waals surface area contributed by atoms with Crippen molar-refractivity contribution in [2.45, 2.75) is 26.2 Å². The fourth-order valence-electron chi connectivity index (χ4n) is 2.59. The van der Waals surface area contributed by atoms with Crippen LogP contribution in [0.4, 0.5) is 0 Å². The fraction of sp³-hybridized carbons (Fsp3) is 0.333. The minimum atomic E-state index is -0.369. The van der Waals surface area contributed by atoms with Crippen LogP contribution < -0.4 is 0 Å². The van der Waals surface area contributed by atoms with Gasteiger partial charge in [-0.15, -0.1) is 0 Å². The Bertz CT molecular complexity index is 704. The summed E-state index contributed by atoms with van der Waals surface area (Å²) < 4.78 is 6.89. The molecule has 2 aromatic rings. The molecule has 0 spiro atoms. The molecule has 0 saturated heterocycles. The van der Waals surface area contributed by atoms with Crippen LogP contribution in [0.3, 0.4) is 0 Å². The van der Waals surface area contributed by atoms with E-state index in [4.69, 9.17) is 16.3 Å². The molecule has 0 saturated carbocycles. The Hall–Kier alpha value is -2.07. The van der Waals surface area contributed by atoms with E-state index in [1.807, 2.05) is 13.0 Å². The minimum Gasteiger partial charge on any atom is -0.465 e. The Labute approximate surface area is 141 Å². The number of nitrogens with zero attached hydrogens (tertiary/aromatic N) is 1. The Morgan fingerprint density at radius 2 is 1.78 bits per heavy atom. The summed E-state index contributed by atoms with van der Waals surface area (Å²) in [6.45, 7) is 4.05. The highest BCUT2D eigenvalue weighted by atomic mass is 35.5. The zero-order valence-electron chi connectivity index (χ0n) is 13.5. The largest absolute Gasteiger partial charge is 0.465 e. The summed E-state index contributed by atoms with van der Waals surface area (Å²) in [6.07, 6.45) is 0.616. The molecular formula is C18H20ClNO3. The van der Waals surface area contributed by atoms with Gasteiger partial charge in [-0.25, -0.2) is 0 Å². The smallest absolute Gasteiger partial charge is 0.314 e. The molecule has 0 N–H and O–H groups in total. The van der Waals surface area contributed by atoms with Crippen molar-refractivity contribution in [2.75, 3.05) is 6.61 Å². The summed E-state index contributed by atoms with van der Waals surface area (Å²) in [7, 11) is 1.79. The fourth-order valence-corrected chi connectivity index (χ4v) is 2.72. The molecule has 0 bridgehead atoms. The van der Waals surface area contributed by atoms with Crippen molar-refractivity contribution >= 4 is 23.4 Å². The molecule has 0 aliphatic carbocycles. The molecule has 2 rings (SSSR count). The number of benzene rings is 1. The molecule has 1 heterocycles. The average molecular weight is 334 g/mol. The zero-order chi connectivity index (χ0) is 17.0. The molecule has 1 aromatic carbocycles. The maximum absolute atomic E-state index is 12.6. The molecule has 122 valence electrons. The maximum Gasteiger partial charge on any atom is 0.314 e. The van der Waals surface area contributed by atoms with E-state index in [1.54, 1.807) is 48.9 Å². The van der Waals surface area contributed by atoms with Gasteiger partial charge in [-0.3, -0.25) is 9.59 Å². The number of carbonyl (C=O) groups excluding carboxylic acids is 2. The quantitative estimate of drug-likeness (QED) is 0.593. The number of ether oxygens (including phenoxy) is 1. The average Bonchev–Trinajstić information content (AvgIpc) is 2.90. The van der Waals surface area contributed by atoms with Gasteiger partial charge in [-0.1, -0.05) is 18.5 Å². The van der Waals surface area contributed by atoms with Crippen LogP contribution >= 0.6 is 11.6 Å². The highest BCUT2D eigenvalue weighted by Crippen LogP contribution is 2.24. The van der Waals surface area contributed by atoms with E-state index in [0.717, 1.165) is 5.69 Å². The summed E-state index contributed by atoms with van der Waals surface area (Å²) >= 11 is 5.85. The van der Waals surface area contributed by atoms with Crippen molar-refractivity contribution in [3.8, 4) is 0 Å². The standard InChI is InChI=1S/C18H20ClNO3/c1-4-14(18(22)23-5-2)15-10-11-16(20(15)3)17(21)12-6-8-13(19)9-7-12/h6-11,14H,4-5H2,1-3H3. The zero-order valence-corrected chi connectivity index (χ0v) is 14.3. The lowest BCUT2D eigenvalue weighted by molar-refractivity contribution is -0.145. The molecule has 0 radical (unpaired) electrons. The van der Waals surface area contributed by atoms with E-state index in [9.17, 15) is 9.59 Å². The molecule has 0 aliphatic rings. The highest BCUT2D eigenvalue weighted by Gasteiger charge is 2.25. The predicted octanol–water partition coefficient (Wildman–Crippen LogP) is 3.97. The second-order valence-electron chi connectivity index (χ2n) is 5.25. The normalized spacial score (nSPS) is 12.0. The van der Waals surface area contributed by atoms with Gasteiger partial charge in [0.1, 0.15) is 0 Å². The van der Waals surface area contributed by atoms with Crippen molar-refractivity contribution in [3.63, 3.8) is 0 Å². The summed E-state index contributed by atoms with van der Waals surface area (Å²) in [4.78, 5) is 24.7. The molecular weight excluding hydrogens is 314 g/mol. The Kier molecular flexibility index (Phi) is 5.61. The first-order chi connectivity index (χ1) is 11.0. The van der Waals surface area contributed by atoms with E-state index < -0.39 is 0 Å². The summed E-state index contributed by atoms with van der Waals surface area (Å²) in [5.41, 5.74) is 1.87. The van der Waals surface area contributed by atoms with Crippen LogP contribution in [0.5, 0.6) is 0 Å². The van der Waals surface area contributed by atoms with E-state index in [0.29, 0.717) is 29.3 Å². The Balaban J connectivity index is 2.32. The number of ketones is 1. The first kappa shape index (κ1) is 17.3. The molecule has 1 unspecified atom stereocenters. The van der Waals surface area contributed by atoms with Crippen molar-refractivity contribution in [2.24, 2.45) is 7.05 Å². The highest BCUT2D eigenvalue weighted by molar-refractivity contribution is 6.30. The van der Waals surface area contributed by atoms with Gasteiger partial charge in [0.05, 0.1) is 18.2 Å². The molecule has 4 nitrogen and oxygen atoms in total. The SMILES string of the molecule is CCOC(=O)C(CC)c1ccc(C(=O)c2ccc(Cl)cc2)n1C.